The van der Waals surface area contributed by atoms with Gasteiger partial charge in [-0.2, -0.15) is 0 Å². The Kier molecular flexibility index (Phi) is 8.94. The molecule has 0 spiro atoms. The second kappa shape index (κ2) is 9.43. The van der Waals surface area contributed by atoms with Crippen molar-refractivity contribution in [2.24, 2.45) is 0 Å². The molecule has 0 amide bonds. The first-order chi connectivity index (χ1) is 5.41. The van der Waals surface area contributed by atoms with Gasteiger partial charge in [0.15, 0.2) is 6.79 Å². The van der Waals surface area contributed by atoms with Crippen LogP contribution in [0.2, 0.25) is 0 Å². The van der Waals surface area contributed by atoms with Gasteiger partial charge in [0.25, 0.3) is 0 Å². The highest BCUT2D eigenvalue weighted by molar-refractivity contribution is 5.37. The molecule has 0 aliphatic carbocycles. The number of hydrogen-bond donors (Lipinski definition) is 0. The highest BCUT2D eigenvalue weighted by atomic mass is 16.7. The lowest BCUT2D eigenvalue weighted by atomic mass is 10.2. The molecule has 0 N–H and O–H groups in total. The van der Waals surface area contributed by atoms with E-state index in [0.29, 0.717) is 6.61 Å². The zero-order valence-corrected chi connectivity index (χ0v) is 6.97. The number of unbranched alkanes of at least 4 members (excludes halogenated alkanes) is 3. The van der Waals surface area contributed by atoms with E-state index in [1.807, 2.05) is 0 Å². The molecule has 0 aromatic heterocycles. The largest absolute Gasteiger partial charge is 0.430 e. The van der Waals surface area contributed by atoms with E-state index in [1.54, 1.807) is 0 Å². The van der Waals surface area contributed by atoms with Gasteiger partial charge in [-0.05, 0) is 6.42 Å². The maximum absolute atomic E-state index is 9.51. The average Bonchev–Trinajstić information content (AvgIpc) is 2.03. The van der Waals surface area contributed by atoms with E-state index in [2.05, 4.69) is 11.7 Å². The fourth-order valence-electron chi connectivity index (χ4n) is 0.756. The van der Waals surface area contributed by atoms with Crippen LogP contribution >= 0.6 is 0 Å². The van der Waals surface area contributed by atoms with Crippen molar-refractivity contribution in [3.63, 3.8) is 0 Å². The molecular weight excluding hydrogens is 144 g/mol. The molecule has 0 saturated carbocycles. The molecule has 1 radical (unpaired) electrons. The van der Waals surface area contributed by atoms with Crippen LogP contribution in [0.5, 0.6) is 0 Å². The van der Waals surface area contributed by atoms with Crippen LogP contribution < -0.4 is 0 Å². The molecule has 0 aromatic carbocycles. The van der Waals surface area contributed by atoms with E-state index in [0.717, 1.165) is 6.42 Å². The van der Waals surface area contributed by atoms with E-state index < -0.39 is 0 Å². The van der Waals surface area contributed by atoms with Gasteiger partial charge in [-0.1, -0.05) is 26.2 Å². The molecule has 3 nitrogen and oxygen atoms in total. The molecule has 0 saturated heterocycles. The fourth-order valence-corrected chi connectivity index (χ4v) is 0.756. The molecule has 0 heterocycles. The Bertz CT molecular complexity index is 83.4. The van der Waals surface area contributed by atoms with Crippen molar-refractivity contribution < 1.29 is 14.3 Å². The van der Waals surface area contributed by atoms with E-state index in [-0.39, 0.29) is 6.79 Å². The molecule has 11 heavy (non-hydrogen) atoms. The Morgan fingerprint density at radius 1 is 1.27 bits per heavy atom. The zero-order valence-electron chi connectivity index (χ0n) is 6.97. The van der Waals surface area contributed by atoms with Gasteiger partial charge in [0.1, 0.15) is 0 Å². The van der Waals surface area contributed by atoms with Crippen LogP contribution in [0.3, 0.4) is 0 Å². The predicted molar refractivity (Wildman–Crippen MR) is 41.7 cm³/mol. The molecule has 0 aromatic rings. The monoisotopic (exact) mass is 159 g/mol. The minimum atomic E-state index is 0.0373. The quantitative estimate of drug-likeness (QED) is 0.399. The summed E-state index contributed by atoms with van der Waals surface area (Å²) in [5.41, 5.74) is 0. The Morgan fingerprint density at radius 2 is 2.09 bits per heavy atom. The van der Waals surface area contributed by atoms with Gasteiger partial charge in [0.05, 0.1) is 6.61 Å². The fraction of sp³-hybridized carbons (Fsp3) is 0.875. The molecule has 65 valence electrons. The summed E-state index contributed by atoms with van der Waals surface area (Å²) in [7, 11) is 0. The number of ether oxygens (including phenoxy) is 2. The Morgan fingerprint density at radius 3 is 2.73 bits per heavy atom. The molecule has 0 aliphatic heterocycles. The molecule has 0 rings (SSSR count). The Balaban J connectivity index is 2.74. The van der Waals surface area contributed by atoms with Crippen LogP contribution in [0.15, 0.2) is 0 Å². The lowest BCUT2D eigenvalue weighted by molar-refractivity contribution is 0.00433. The number of rotatable bonds is 8. The normalized spacial score (nSPS) is 9.55. The first-order valence-corrected chi connectivity index (χ1v) is 3.98. The van der Waals surface area contributed by atoms with E-state index in [9.17, 15) is 4.79 Å². The minimum absolute atomic E-state index is 0.0373. The smallest absolute Gasteiger partial charge is 0.419 e. The Hall–Kier alpha value is -0.570. The predicted octanol–water partition coefficient (Wildman–Crippen LogP) is 1.62. The highest BCUT2D eigenvalue weighted by Gasteiger charge is 1.88. The molecule has 0 unspecified atom stereocenters. The van der Waals surface area contributed by atoms with Crippen molar-refractivity contribution in [2.45, 2.75) is 32.6 Å². The highest BCUT2D eigenvalue weighted by Crippen LogP contribution is 1.98. The van der Waals surface area contributed by atoms with E-state index in [1.165, 1.54) is 25.7 Å². The average molecular weight is 159 g/mol. The third kappa shape index (κ3) is 9.43. The standard InChI is InChI=1S/C8H15O3/c1-2-3-4-5-6-10-8-11-7-9/h2-6,8H2,1H3. The summed E-state index contributed by atoms with van der Waals surface area (Å²) < 4.78 is 9.15. The summed E-state index contributed by atoms with van der Waals surface area (Å²) in [6, 6.07) is 0. The number of carbonyl (C=O) groups excluding carboxylic acids is 1. The van der Waals surface area contributed by atoms with Crippen molar-refractivity contribution in [3.05, 3.63) is 0 Å². The Labute approximate surface area is 67.7 Å². The molecule has 0 atom stereocenters. The van der Waals surface area contributed by atoms with Gasteiger partial charge in [-0.25, -0.2) is 4.79 Å². The molecule has 3 heteroatoms. The van der Waals surface area contributed by atoms with Crippen molar-refractivity contribution in [1.82, 2.24) is 0 Å². The second-order valence-corrected chi connectivity index (χ2v) is 2.31. The molecule has 0 aliphatic rings. The van der Waals surface area contributed by atoms with Crippen LogP contribution in [0.4, 0.5) is 0 Å². The summed E-state index contributed by atoms with van der Waals surface area (Å²) in [4.78, 5) is 9.51. The van der Waals surface area contributed by atoms with Gasteiger partial charge >= 0.3 is 6.47 Å². The topological polar surface area (TPSA) is 35.5 Å². The summed E-state index contributed by atoms with van der Waals surface area (Å²) in [5, 5.41) is 0. The maximum Gasteiger partial charge on any atom is 0.419 e. The molecule has 0 bridgehead atoms. The first-order valence-electron chi connectivity index (χ1n) is 3.98. The lowest BCUT2D eigenvalue weighted by Crippen LogP contribution is -1.99. The summed E-state index contributed by atoms with van der Waals surface area (Å²) in [6.45, 7) is 4.16. The summed E-state index contributed by atoms with van der Waals surface area (Å²) in [6.07, 6.45) is 4.68. The van der Waals surface area contributed by atoms with Crippen molar-refractivity contribution >= 4 is 6.47 Å². The number of hydrogen-bond acceptors (Lipinski definition) is 3. The van der Waals surface area contributed by atoms with Crippen molar-refractivity contribution in [1.29, 1.82) is 0 Å². The van der Waals surface area contributed by atoms with Gasteiger partial charge < -0.3 is 9.47 Å². The summed E-state index contributed by atoms with van der Waals surface area (Å²) >= 11 is 0. The van der Waals surface area contributed by atoms with Gasteiger partial charge in [0.2, 0.25) is 0 Å². The third-order valence-corrected chi connectivity index (χ3v) is 1.34. The first kappa shape index (κ1) is 10.4. The van der Waals surface area contributed by atoms with Crippen LogP contribution in [0.25, 0.3) is 0 Å². The maximum atomic E-state index is 9.51. The SMILES string of the molecule is CCCCCCOCO[C]=O. The van der Waals surface area contributed by atoms with Gasteiger partial charge in [0, 0.05) is 0 Å². The van der Waals surface area contributed by atoms with Crippen LogP contribution in [0, 0.1) is 0 Å². The third-order valence-electron chi connectivity index (χ3n) is 1.34. The second-order valence-electron chi connectivity index (χ2n) is 2.31. The lowest BCUT2D eigenvalue weighted by Gasteiger charge is -2.00. The van der Waals surface area contributed by atoms with E-state index >= 15 is 0 Å². The molecular formula is C8H15O3. The van der Waals surface area contributed by atoms with Crippen molar-refractivity contribution in [3.8, 4) is 0 Å². The molecule has 0 fully saturated rings. The van der Waals surface area contributed by atoms with E-state index in [4.69, 9.17) is 4.74 Å². The van der Waals surface area contributed by atoms with Gasteiger partial charge in [-0.3, -0.25) is 0 Å². The minimum Gasteiger partial charge on any atom is -0.430 e. The van der Waals surface area contributed by atoms with Crippen molar-refractivity contribution in [2.75, 3.05) is 13.4 Å². The van der Waals surface area contributed by atoms with Crippen LogP contribution in [-0.2, 0) is 14.3 Å². The van der Waals surface area contributed by atoms with Gasteiger partial charge in [-0.15, -0.1) is 0 Å². The summed E-state index contributed by atoms with van der Waals surface area (Å²) in [5.74, 6) is 0. The zero-order chi connectivity index (χ0) is 8.36. The van der Waals surface area contributed by atoms with Crippen LogP contribution in [0.1, 0.15) is 32.6 Å². The van der Waals surface area contributed by atoms with Crippen LogP contribution in [-0.4, -0.2) is 19.9 Å².